The lowest BCUT2D eigenvalue weighted by atomic mass is 10.1. The first-order valence-corrected chi connectivity index (χ1v) is 10.7. The number of rotatable bonds is 6. The summed E-state index contributed by atoms with van der Waals surface area (Å²) in [4.78, 5) is 0.218. The minimum atomic E-state index is -3.60. The molecule has 1 fully saturated rings. The number of hydrogen-bond acceptors (Lipinski definition) is 5. The highest BCUT2D eigenvalue weighted by atomic mass is 32.2. The molecule has 132 valence electrons. The Morgan fingerprint density at radius 2 is 2.12 bits per heavy atom. The van der Waals surface area contributed by atoms with E-state index in [1.165, 1.54) is 4.31 Å². The fourth-order valence-electron chi connectivity index (χ4n) is 2.93. The van der Waals surface area contributed by atoms with Gasteiger partial charge < -0.3 is 4.74 Å². The van der Waals surface area contributed by atoms with Crippen molar-refractivity contribution in [2.45, 2.75) is 17.7 Å². The fraction of sp³-hybridized carbons (Fsp3) is 0.467. The average Bonchev–Trinajstić information content (AvgIpc) is 3.21. The summed E-state index contributed by atoms with van der Waals surface area (Å²) in [5.41, 5.74) is 1.02. The van der Waals surface area contributed by atoms with Gasteiger partial charge >= 0.3 is 0 Å². The van der Waals surface area contributed by atoms with Crippen LogP contribution in [0.25, 0.3) is 0 Å². The molecule has 2 heterocycles. The molecule has 0 aliphatic carbocycles. The van der Waals surface area contributed by atoms with Crippen molar-refractivity contribution in [3.8, 4) is 5.75 Å². The Balaban J connectivity index is 1.69. The first-order chi connectivity index (χ1) is 11.3. The lowest BCUT2D eigenvalue weighted by Crippen LogP contribution is -2.32. The van der Waals surface area contributed by atoms with Crippen LogP contribution in [0.15, 0.2) is 35.1 Å². The predicted molar refractivity (Wildman–Crippen MR) is 89.6 cm³/mol. The molecule has 1 atom stereocenters. The van der Waals surface area contributed by atoms with Crippen molar-refractivity contribution in [1.29, 1.82) is 0 Å². The number of hydrogen-bond donors (Lipinski definition) is 1. The van der Waals surface area contributed by atoms with Gasteiger partial charge in [-0.3, -0.25) is 0 Å². The van der Waals surface area contributed by atoms with Gasteiger partial charge in [0.1, 0.15) is 5.75 Å². The first kappa shape index (κ1) is 17.4. The maximum atomic E-state index is 12.8. The van der Waals surface area contributed by atoms with E-state index in [0.717, 1.165) is 17.4 Å². The summed E-state index contributed by atoms with van der Waals surface area (Å²) in [6.45, 7) is 4.68. The Hall–Kier alpha value is -1.42. The van der Waals surface area contributed by atoms with E-state index in [0.29, 0.717) is 31.9 Å². The van der Waals surface area contributed by atoms with Crippen LogP contribution in [0, 0.1) is 5.92 Å². The van der Waals surface area contributed by atoms with E-state index in [4.69, 9.17) is 4.74 Å². The molecule has 3 rings (SSSR count). The second-order valence-corrected chi connectivity index (χ2v) is 9.60. The summed E-state index contributed by atoms with van der Waals surface area (Å²) in [5.74, 6) is 0.575. The number of sulfonamides is 2. The third kappa shape index (κ3) is 3.49. The van der Waals surface area contributed by atoms with Crippen molar-refractivity contribution in [3.05, 3.63) is 35.7 Å². The zero-order valence-electron chi connectivity index (χ0n) is 13.1. The summed E-state index contributed by atoms with van der Waals surface area (Å²) < 4.78 is 57.5. The third-order valence-electron chi connectivity index (χ3n) is 4.35. The van der Waals surface area contributed by atoms with Gasteiger partial charge in [0.15, 0.2) is 0 Å². The monoisotopic (exact) mass is 372 g/mol. The lowest BCUT2D eigenvalue weighted by Gasteiger charge is -2.17. The molecule has 2 aliphatic heterocycles. The summed E-state index contributed by atoms with van der Waals surface area (Å²) in [6, 6.07) is 4.98. The molecule has 1 aromatic rings. The van der Waals surface area contributed by atoms with Gasteiger partial charge in [-0.05, 0) is 24.0 Å². The van der Waals surface area contributed by atoms with E-state index in [1.54, 1.807) is 18.2 Å². The van der Waals surface area contributed by atoms with E-state index in [9.17, 15) is 16.8 Å². The Morgan fingerprint density at radius 3 is 2.88 bits per heavy atom. The van der Waals surface area contributed by atoms with Crippen LogP contribution in [0.3, 0.4) is 0 Å². The normalized spacial score (nSPS) is 21.4. The highest BCUT2D eigenvalue weighted by Gasteiger charge is 2.33. The molecule has 0 radical (unpaired) electrons. The SMILES string of the molecule is C=CS(=O)(=O)NC[C@H]1CCN(S(=O)(=O)c2ccc3c(c2)OCC3)C1. The third-order valence-corrected chi connectivity index (χ3v) is 7.22. The largest absolute Gasteiger partial charge is 0.493 e. The van der Waals surface area contributed by atoms with E-state index >= 15 is 0 Å². The Bertz CT molecular complexity index is 849. The van der Waals surface area contributed by atoms with Crippen LogP contribution in [-0.2, 0) is 26.5 Å². The van der Waals surface area contributed by atoms with E-state index in [1.807, 2.05) is 0 Å². The van der Waals surface area contributed by atoms with Gasteiger partial charge in [-0.1, -0.05) is 12.6 Å². The molecular formula is C15H20N2O5S2. The highest BCUT2D eigenvalue weighted by molar-refractivity contribution is 7.92. The zero-order valence-corrected chi connectivity index (χ0v) is 14.8. The van der Waals surface area contributed by atoms with Gasteiger partial charge in [-0.2, -0.15) is 4.31 Å². The summed E-state index contributed by atoms with van der Waals surface area (Å²) in [5, 5.41) is 0.848. The van der Waals surface area contributed by atoms with Gasteiger partial charge in [0, 0.05) is 37.5 Å². The van der Waals surface area contributed by atoms with Crippen LogP contribution in [0.1, 0.15) is 12.0 Å². The van der Waals surface area contributed by atoms with Crippen molar-refractivity contribution < 1.29 is 21.6 Å². The van der Waals surface area contributed by atoms with Crippen molar-refractivity contribution >= 4 is 20.0 Å². The maximum absolute atomic E-state index is 12.8. The van der Waals surface area contributed by atoms with E-state index < -0.39 is 20.0 Å². The fourth-order valence-corrected chi connectivity index (χ4v) is 5.06. The molecular weight excluding hydrogens is 352 g/mol. The van der Waals surface area contributed by atoms with Crippen molar-refractivity contribution in [2.24, 2.45) is 5.92 Å². The van der Waals surface area contributed by atoms with Gasteiger partial charge in [0.2, 0.25) is 20.0 Å². The number of ether oxygens (including phenoxy) is 1. The molecule has 2 aliphatic rings. The molecule has 24 heavy (non-hydrogen) atoms. The molecule has 0 aromatic heterocycles. The Labute approximate surface area is 142 Å². The number of nitrogens with one attached hydrogen (secondary N) is 1. The van der Waals surface area contributed by atoms with Crippen molar-refractivity contribution in [3.63, 3.8) is 0 Å². The van der Waals surface area contributed by atoms with Gasteiger partial charge in [0.25, 0.3) is 0 Å². The molecule has 9 heteroatoms. The first-order valence-electron chi connectivity index (χ1n) is 7.70. The van der Waals surface area contributed by atoms with E-state index in [-0.39, 0.29) is 17.4 Å². The molecule has 1 N–H and O–H groups in total. The molecule has 0 amide bonds. The van der Waals surface area contributed by atoms with Crippen LogP contribution < -0.4 is 9.46 Å². The van der Waals surface area contributed by atoms with Gasteiger partial charge in [-0.25, -0.2) is 21.6 Å². The Kier molecular flexibility index (Phi) is 4.69. The molecule has 0 unspecified atom stereocenters. The van der Waals surface area contributed by atoms with Crippen LogP contribution in [0.4, 0.5) is 0 Å². The molecule has 0 saturated carbocycles. The summed E-state index contributed by atoms with van der Waals surface area (Å²) in [7, 11) is -7.09. The van der Waals surface area contributed by atoms with Crippen LogP contribution in [0.2, 0.25) is 0 Å². The van der Waals surface area contributed by atoms with Crippen LogP contribution in [-0.4, -0.2) is 47.4 Å². The highest BCUT2D eigenvalue weighted by Crippen LogP contribution is 2.31. The van der Waals surface area contributed by atoms with Crippen molar-refractivity contribution in [1.82, 2.24) is 9.03 Å². The molecule has 0 spiro atoms. The molecule has 1 aromatic carbocycles. The minimum absolute atomic E-state index is 0.0554. The van der Waals surface area contributed by atoms with Crippen LogP contribution in [0.5, 0.6) is 5.75 Å². The molecule has 0 bridgehead atoms. The topological polar surface area (TPSA) is 92.8 Å². The smallest absolute Gasteiger partial charge is 0.243 e. The average molecular weight is 372 g/mol. The standard InChI is InChI=1S/C15H20N2O5S2/c1-2-23(18,19)16-10-12-5-7-17(11-12)24(20,21)14-4-3-13-6-8-22-15(13)9-14/h2-4,9,12,16H,1,5-8,10-11H2/t12-/m1/s1. The quantitative estimate of drug-likeness (QED) is 0.793. The van der Waals surface area contributed by atoms with Crippen LogP contribution >= 0.6 is 0 Å². The number of fused-ring (bicyclic) bond motifs is 1. The number of nitrogens with zero attached hydrogens (tertiary/aromatic N) is 1. The van der Waals surface area contributed by atoms with Crippen molar-refractivity contribution in [2.75, 3.05) is 26.2 Å². The maximum Gasteiger partial charge on any atom is 0.243 e. The van der Waals surface area contributed by atoms with Gasteiger partial charge in [0.05, 0.1) is 11.5 Å². The van der Waals surface area contributed by atoms with Gasteiger partial charge in [-0.15, -0.1) is 0 Å². The minimum Gasteiger partial charge on any atom is -0.493 e. The second-order valence-electron chi connectivity index (χ2n) is 5.95. The van der Waals surface area contributed by atoms with E-state index in [2.05, 4.69) is 11.3 Å². The predicted octanol–water partition coefficient (Wildman–Crippen LogP) is 0.695. The zero-order chi connectivity index (χ0) is 17.4. The molecule has 7 nitrogen and oxygen atoms in total. The lowest BCUT2D eigenvalue weighted by molar-refractivity contribution is 0.356. The molecule has 1 saturated heterocycles. The Morgan fingerprint density at radius 1 is 1.33 bits per heavy atom. The second kappa shape index (κ2) is 6.47. The summed E-state index contributed by atoms with van der Waals surface area (Å²) >= 11 is 0. The number of benzene rings is 1. The summed E-state index contributed by atoms with van der Waals surface area (Å²) in [6.07, 6.45) is 1.41.